The van der Waals surface area contributed by atoms with Gasteiger partial charge in [-0.05, 0) is 49.2 Å². The molecule has 7 heteroatoms. The fourth-order valence-electron chi connectivity index (χ4n) is 3.12. The first-order valence-corrected chi connectivity index (χ1v) is 9.20. The molecular formula is C21H19ClN2O4. The third kappa shape index (κ3) is 3.31. The molecule has 0 aliphatic heterocycles. The maximum Gasteiger partial charge on any atom is 0.236 e. The van der Waals surface area contributed by atoms with E-state index in [0.29, 0.717) is 46.5 Å². The molecule has 0 unspecified atom stereocenters. The summed E-state index contributed by atoms with van der Waals surface area (Å²) >= 11 is 5.93. The Labute approximate surface area is 167 Å². The summed E-state index contributed by atoms with van der Waals surface area (Å²) in [5, 5.41) is 7.76. The standard InChI is InChI=1S/C21H19ClN2O4/c1-26-15-7-8-16(18(11-15)27-2)23-20(25)21(9-10-21)19-12-17(28-24-19)13-3-5-14(22)6-4-13/h3-8,11-12H,9-10H2,1-2H3,(H,23,25). The molecule has 3 aromatic rings. The second kappa shape index (κ2) is 7.20. The van der Waals surface area contributed by atoms with E-state index < -0.39 is 5.41 Å². The van der Waals surface area contributed by atoms with Crippen molar-refractivity contribution >= 4 is 23.2 Å². The molecule has 6 nitrogen and oxygen atoms in total. The lowest BCUT2D eigenvalue weighted by atomic mass is 10.00. The van der Waals surface area contributed by atoms with Crippen molar-refractivity contribution in [2.24, 2.45) is 0 Å². The molecule has 0 spiro atoms. The van der Waals surface area contributed by atoms with Crippen LogP contribution in [0.25, 0.3) is 11.3 Å². The molecule has 1 N–H and O–H groups in total. The Hall–Kier alpha value is -2.99. The highest BCUT2D eigenvalue weighted by Gasteiger charge is 2.54. The van der Waals surface area contributed by atoms with Gasteiger partial charge in [0.05, 0.1) is 31.0 Å². The second-order valence-electron chi connectivity index (χ2n) is 6.69. The van der Waals surface area contributed by atoms with E-state index in [1.807, 2.05) is 18.2 Å². The second-order valence-corrected chi connectivity index (χ2v) is 7.12. The molecule has 0 bridgehead atoms. The first kappa shape index (κ1) is 18.4. The molecule has 1 aromatic heterocycles. The Morgan fingerprint density at radius 2 is 1.86 bits per heavy atom. The summed E-state index contributed by atoms with van der Waals surface area (Å²) < 4.78 is 16.0. The Morgan fingerprint density at radius 1 is 1.11 bits per heavy atom. The van der Waals surface area contributed by atoms with Gasteiger partial charge < -0.3 is 19.3 Å². The number of nitrogens with zero attached hydrogens (tertiary/aromatic N) is 1. The van der Waals surface area contributed by atoms with Crippen LogP contribution in [0.15, 0.2) is 53.1 Å². The number of halogens is 1. The first-order valence-electron chi connectivity index (χ1n) is 8.82. The molecule has 1 amide bonds. The van der Waals surface area contributed by atoms with Crippen molar-refractivity contribution in [2.75, 3.05) is 19.5 Å². The van der Waals surface area contributed by atoms with Crippen molar-refractivity contribution in [1.29, 1.82) is 0 Å². The topological polar surface area (TPSA) is 73.6 Å². The molecule has 1 aliphatic rings. The summed E-state index contributed by atoms with van der Waals surface area (Å²) in [7, 11) is 3.13. The lowest BCUT2D eigenvalue weighted by Crippen LogP contribution is -2.28. The summed E-state index contributed by atoms with van der Waals surface area (Å²) in [5.41, 5.74) is 1.39. The highest BCUT2D eigenvalue weighted by Crippen LogP contribution is 2.49. The first-order chi connectivity index (χ1) is 13.6. The van der Waals surface area contributed by atoms with Crippen molar-refractivity contribution in [3.05, 3.63) is 59.2 Å². The number of amides is 1. The van der Waals surface area contributed by atoms with Crippen LogP contribution in [0, 0.1) is 0 Å². The molecule has 0 saturated heterocycles. The molecule has 0 atom stereocenters. The van der Waals surface area contributed by atoms with Crippen molar-refractivity contribution in [3.8, 4) is 22.8 Å². The van der Waals surface area contributed by atoms with Gasteiger partial charge in [0.2, 0.25) is 5.91 Å². The van der Waals surface area contributed by atoms with Crippen LogP contribution in [0.3, 0.4) is 0 Å². The Morgan fingerprint density at radius 3 is 2.50 bits per heavy atom. The highest BCUT2D eigenvalue weighted by molar-refractivity contribution is 6.30. The number of benzene rings is 2. The molecule has 2 aromatic carbocycles. The maximum absolute atomic E-state index is 13.0. The van der Waals surface area contributed by atoms with Crippen LogP contribution >= 0.6 is 11.6 Å². The minimum atomic E-state index is -0.681. The largest absolute Gasteiger partial charge is 0.497 e. The predicted octanol–water partition coefficient (Wildman–Crippen LogP) is 4.68. The maximum atomic E-state index is 13.0. The average molecular weight is 399 g/mol. The van der Waals surface area contributed by atoms with Gasteiger partial charge in [0, 0.05) is 22.7 Å². The van der Waals surface area contributed by atoms with Crippen LogP contribution in [-0.4, -0.2) is 25.3 Å². The Balaban J connectivity index is 1.56. The molecule has 1 fully saturated rings. The number of nitrogens with one attached hydrogen (secondary N) is 1. The van der Waals surface area contributed by atoms with Crippen molar-refractivity contribution in [3.63, 3.8) is 0 Å². The van der Waals surface area contributed by atoms with E-state index in [1.165, 1.54) is 0 Å². The van der Waals surface area contributed by atoms with Gasteiger partial charge in [0.15, 0.2) is 5.76 Å². The molecule has 144 valence electrons. The molecular weight excluding hydrogens is 380 g/mol. The summed E-state index contributed by atoms with van der Waals surface area (Å²) in [6.07, 6.45) is 1.42. The molecule has 1 heterocycles. The number of carbonyl (C=O) groups is 1. The Kier molecular flexibility index (Phi) is 4.73. The number of anilines is 1. The third-order valence-electron chi connectivity index (χ3n) is 4.97. The zero-order valence-electron chi connectivity index (χ0n) is 15.5. The van der Waals surface area contributed by atoms with Crippen LogP contribution < -0.4 is 14.8 Å². The molecule has 1 aliphatic carbocycles. The lowest BCUT2D eigenvalue weighted by molar-refractivity contribution is -0.118. The number of rotatable bonds is 6. The normalized spacial score (nSPS) is 14.4. The van der Waals surface area contributed by atoms with Gasteiger partial charge >= 0.3 is 0 Å². The summed E-state index contributed by atoms with van der Waals surface area (Å²) in [4.78, 5) is 13.0. The van der Waals surface area contributed by atoms with Gasteiger partial charge in [0.1, 0.15) is 11.5 Å². The minimum Gasteiger partial charge on any atom is -0.497 e. The summed E-state index contributed by atoms with van der Waals surface area (Å²) in [6.45, 7) is 0. The van der Waals surface area contributed by atoms with Crippen molar-refractivity contribution in [2.45, 2.75) is 18.3 Å². The van der Waals surface area contributed by atoms with E-state index in [2.05, 4.69) is 10.5 Å². The minimum absolute atomic E-state index is 0.132. The number of methoxy groups -OCH3 is 2. The van der Waals surface area contributed by atoms with Crippen LogP contribution in [0.4, 0.5) is 5.69 Å². The molecule has 28 heavy (non-hydrogen) atoms. The van der Waals surface area contributed by atoms with E-state index in [4.69, 9.17) is 25.6 Å². The number of aromatic nitrogens is 1. The van der Waals surface area contributed by atoms with E-state index >= 15 is 0 Å². The molecule has 4 rings (SSSR count). The number of hydrogen-bond donors (Lipinski definition) is 1. The van der Waals surface area contributed by atoms with E-state index in [-0.39, 0.29) is 5.91 Å². The van der Waals surface area contributed by atoms with Crippen LogP contribution in [-0.2, 0) is 10.2 Å². The van der Waals surface area contributed by atoms with Gasteiger partial charge in [-0.2, -0.15) is 0 Å². The van der Waals surface area contributed by atoms with Gasteiger partial charge in [0.25, 0.3) is 0 Å². The average Bonchev–Trinajstić information content (AvgIpc) is 3.39. The SMILES string of the molecule is COc1ccc(NC(=O)C2(c3cc(-c4ccc(Cl)cc4)on3)CC2)c(OC)c1. The molecule has 1 saturated carbocycles. The zero-order valence-corrected chi connectivity index (χ0v) is 16.2. The number of carbonyl (C=O) groups excluding carboxylic acids is 1. The van der Waals surface area contributed by atoms with Gasteiger partial charge in [-0.3, -0.25) is 4.79 Å². The van der Waals surface area contributed by atoms with Gasteiger partial charge in [-0.15, -0.1) is 0 Å². The van der Waals surface area contributed by atoms with Gasteiger partial charge in [-0.1, -0.05) is 16.8 Å². The van der Waals surface area contributed by atoms with E-state index in [9.17, 15) is 4.79 Å². The smallest absolute Gasteiger partial charge is 0.236 e. The highest BCUT2D eigenvalue weighted by atomic mass is 35.5. The number of hydrogen-bond acceptors (Lipinski definition) is 5. The fraction of sp³-hybridized carbons (Fsp3) is 0.238. The summed E-state index contributed by atoms with van der Waals surface area (Å²) in [5.74, 6) is 1.66. The van der Waals surface area contributed by atoms with Crippen LogP contribution in [0.1, 0.15) is 18.5 Å². The zero-order chi connectivity index (χ0) is 19.7. The third-order valence-corrected chi connectivity index (χ3v) is 5.22. The number of ether oxygens (including phenoxy) is 2. The van der Waals surface area contributed by atoms with E-state index in [0.717, 1.165) is 5.56 Å². The van der Waals surface area contributed by atoms with Crippen LogP contribution in [0.2, 0.25) is 5.02 Å². The van der Waals surface area contributed by atoms with Crippen molar-refractivity contribution in [1.82, 2.24) is 5.16 Å². The lowest BCUT2D eigenvalue weighted by Gasteiger charge is -2.15. The summed E-state index contributed by atoms with van der Waals surface area (Å²) in [6, 6.07) is 14.4. The van der Waals surface area contributed by atoms with Crippen molar-refractivity contribution < 1.29 is 18.8 Å². The van der Waals surface area contributed by atoms with Crippen LogP contribution in [0.5, 0.6) is 11.5 Å². The predicted molar refractivity (Wildman–Crippen MR) is 106 cm³/mol. The fourth-order valence-corrected chi connectivity index (χ4v) is 3.25. The monoisotopic (exact) mass is 398 g/mol. The Bertz CT molecular complexity index is 1010. The molecule has 0 radical (unpaired) electrons. The van der Waals surface area contributed by atoms with E-state index in [1.54, 1.807) is 44.6 Å². The van der Waals surface area contributed by atoms with Gasteiger partial charge in [-0.25, -0.2) is 0 Å². The quantitative estimate of drug-likeness (QED) is 0.652.